The molecule has 0 radical (unpaired) electrons. The van der Waals surface area contributed by atoms with Crippen molar-refractivity contribution in [1.29, 1.82) is 0 Å². The highest BCUT2D eigenvalue weighted by molar-refractivity contribution is 7.81. The molecule has 0 aromatic heterocycles. The van der Waals surface area contributed by atoms with Gasteiger partial charge in [0.05, 0.1) is 17.9 Å². The molecule has 4 nitrogen and oxygen atoms in total. The molecule has 0 aliphatic rings. The zero-order valence-corrected chi connectivity index (χ0v) is 16.9. The van der Waals surface area contributed by atoms with Gasteiger partial charge in [0.15, 0.2) is 0 Å². The van der Waals surface area contributed by atoms with Crippen LogP contribution in [0.3, 0.4) is 0 Å². The second-order valence-electron chi connectivity index (χ2n) is 6.75. The highest BCUT2D eigenvalue weighted by Crippen LogP contribution is 2.12. The van der Waals surface area contributed by atoms with Gasteiger partial charge in [-0.25, -0.2) is 0 Å². The Morgan fingerprint density at radius 1 is 1.04 bits per heavy atom. The van der Waals surface area contributed by atoms with Crippen molar-refractivity contribution in [2.45, 2.75) is 96.1 Å². The number of unbranched alkanes of at least 4 members (excludes halogenated alkanes) is 11. The standard InChI is InChI=1S/C20H39NO3S/c1-2-3-4-5-6-7-8-9-10-11-12-13-14-15-19(22)18(21)16-24-20(23)17-25/h14-15,18-19,22,25H,2-13,16-17,21H2,1H3. The van der Waals surface area contributed by atoms with Crippen LogP contribution in [0.2, 0.25) is 0 Å². The second kappa shape index (κ2) is 18.3. The van der Waals surface area contributed by atoms with Crippen molar-refractivity contribution in [2.24, 2.45) is 5.73 Å². The Balaban J connectivity index is 3.43. The maximum absolute atomic E-state index is 11.0. The molecule has 0 aromatic rings. The summed E-state index contributed by atoms with van der Waals surface area (Å²) in [6, 6.07) is -0.586. The lowest BCUT2D eigenvalue weighted by molar-refractivity contribution is -0.141. The second-order valence-corrected chi connectivity index (χ2v) is 7.06. The molecule has 0 fully saturated rings. The minimum atomic E-state index is -0.777. The Hall–Kier alpha value is -0.520. The lowest BCUT2D eigenvalue weighted by Crippen LogP contribution is -2.38. The number of hydrogen-bond acceptors (Lipinski definition) is 5. The molecule has 0 rings (SSSR count). The summed E-state index contributed by atoms with van der Waals surface area (Å²) >= 11 is 3.81. The van der Waals surface area contributed by atoms with E-state index >= 15 is 0 Å². The van der Waals surface area contributed by atoms with Crippen LogP contribution in [0.25, 0.3) is 0 Å². The number of carbonyl (C=O) groups is 1. The monoisotopic (exact) mass is 373 g/mol. The van der Waals surface area contributed by atoms with Gasteiger partial charge in [-0.15, -0.1) is 0 Å². The summed E-state index contributed by atoms with van der Waals surface area (Å²) in [6.45, 7) is 2.27. The van der Waals surface area contributed by atoms with Gasteiger partial charge in [-0.2, -0.15) is 12.6 Å². The molecule has 0 bridgehead atoms. The van der Waals surface area contributed by atoms with Gasteiger partial charge < -0.3 is 15.6 Å². The van der Waals surface area contributed by atoms with Gasteiger partial charge >= 0.3 is 5.97 Å². The third-order valence-corrected chi connectivity index (χ3v) is 4.57. The number of carbonyl (C=O) groups excluding carboxylic acids is 1. The van der Waals surface area contributed by atoms with Crippen LogP contribution in [-0.2, 0) is 9.53 Å². The van der Waals surface area contributed by atoms with Crippen LogP contribution in [-0.4, -0.2) is 35.6 Å². The average molecular weight is 374 g/mol. The molecule has 0 aliphatic carbocycles. The highest BCUT2D eigenvalue weighted by Gasteiger charge is 2.13. The van der Waals surface area contributed by atoms with E-state index in [-0.39, 0.29) is 12.4 Å². The summed E-state index contributed by atoms with van der Waals surface area (Å²) in [6.07, 6.45) is 18.5. The van der Waals surface area contributed by atoms with E-state index in [0.717, 1.165) is 12.8 Å². The molecule has 0 aliphatic heterocycles. The van der Waals surface area contributed by atoms with Crippen molar-refractivity contribution < 1.29 is 14.6 Å². The van der Waals surface area contributed by atoms with Gasteiger partial charge in [0.25, 0.3) is 0 Å². The van der Waals surface area contributed by atoms with Crippen LogP contribution < -0.4 is 5.73 Å². The average Bonchev–Trinajstić information content (AvgIpc) is 2.62. The number of allylic oxidation sites excluding steroid dienone is 1. The number of nitrogens with two attached hydrogens (primary N) is 1. The van der Waals surface area contributed by atoms with Crippen LogP contribution in [0.4, 0.5) is 0 Å². The van der Waals surface area contributed by atoms with Crippen molar-refractivity contribution in [2.75, 3.05) is 12.4 Å². The first-order chi connectivity index (χ1) is 12.1. The lowest BCUT2D eigenvalue weighted by atomic mass is 10.0. The number of rotatable bonds is 17. The number of aliphatic hydroxyl groups is 1. The molecular weight excluding hydrogens is 334 g/mol. The molecule has 0 saturated heterocycles. The topological polar surface area (TPSA) is 72.6 Å². The molecule has 0 aromatic carbocycles. The summed E-state index contributed by atoms with van der Waals surface area (Å²) in [5.74, 6) is -0.395. The van der Waals surface area contributed by atoms with Gasteiger partial charge in [-0.3, -0.25) is 4.79 Å². The third kappa shape index (κ3) is 16.7. The van der Waals surface area contributed by atoms with Gasteiger partial charge in [0.2, 0.25) is 0 Å². The number of aliphatic hydroxyl groups excluding tert-OH is 1. The fourth-order valence-electron chi connectivity index (χ4n) is 2.64. The van der Waals surface area contributed by atoms with E-state index in [4.69, 9.17) is 10.5 Å². The van der Waals surface area contributed by atoms with E-state index in [1.807, 2.05) is 6.08 Å². The number of esters is 1. The number of ether oxygens (including phenoxy) is 1. The van der Waals surface area contributed by atoms with Crippen molar-refractivity contribution in [1.82, 2.24) is 0 Å². The smallest absolute Gasteiger partial charge is 0.315 e. The van der Waals surface area contributed by atoms with Crippen LogP contribution in [0.15, 0.2) is 12.2 Å². The van der Waals surface area contributed by atoms with Gasteiger partial charge in [0, 0.05) is 0 Å². The Morgan fingerprint density at radius 3 is 2.08 bits per heavy atom. The van der Waals surface area contributed by atoms with Crippen LogP contribution >= 0.6 is 12.6 Å². The fraction of sp³-hybridized carbons (Fsp3) is 0.850. The minimum absolute atomic E-state index is 0.0172. The maximum Gasteiger partial charge on any atom is 0.315 e. The van der Waals surface area contributed by atoms with E-state index in [1.165, 1.54) is 64.2 Å². The predicted octanol–water partition coefficient (Wildman–Crippen LogP) is 4.40. The largest absolute Gasteiger partial charge is 0.463 e. The van der Waals surface area contributed by atoms with Gasteiger partial charge in [-0.1, -0.05) is 83.3 Å². The molecular formula is C20H39NO3S. The first-order valence-corrected chi connectivity index (χ1v) is 10.6. The molecule has 0 spiro atoms. The first-order valence-electron chi connectivity index (χ1n) is 9.98. The normalized spacial score (nSPS) is 13.9. The molecule has 5 heteroatoms. The first kappa shape index (κ1) is 24.5. The molecule has 0 heterocycles. The predicted molar refractivity (Wildman–Crippen MR) is 109 cm³/mol. The maximum atomic E-state index is 11.0. The van der Waals surface area contributed by atoms with Crippen LogP contribution in [0.1, 0.15) is 84.0 Å². The summed E-state index contributed by atoms with van der Waals surface area (Å²) in [4.78, 5) is 11.0. The van der Waals surface area contributed by atoms with Crippen molar-refractivity contribution >= 4 is 18.6 Å². The molecule has 3 N–H and O–H groups in total. The zero-order chi connectivity index (χ0) is 18.8. The molecule has 2 atom stereocenters. The highest BCUT2D eigenvalue weighted by atomic mass is 32.1. The summed E-state index contributed by atoms with van der Waals surface area (Å²) in [7, 11) is 0. The summed E-state index contributed by atoms with van der Waals surface area (Å²) in [5, 5.41) is 9.86. The van der Waals surface area contributed by atoms with Crippen molar-refractivity contribution in [3.8, 4) is 0 Å². The SMILES string of the molecule is CCCCCCCCCCCCCC=CC(O)C(N)COC(=O)CS. The molecule has 0 amide bonds. The van der Waals surface area contributed by atoms with E-state index in [1.54, 1.807) is 6.08 Å². The number of thiol groups is 1. The van der Waals surface area contributed by atoms with Crippen LogP contribution in [0.5, 0.6) is 0 Å². The van der Waals surface area contributed by atoms with Crippen molar-refractivity contribution in [3.05, 3.63) is 12.2 Å². The van der Waals surface area contributed by atoms with E-state index < -0.39 is 18.1 Å². The molecule has 148 valence electrons. The van der Waals surface area contributed by atoms with E-state index in [0.29, 0.717) is 0 Å². The molecule has 25 heavy (non-hydrogen) atoms. The summed E-state index contributed by atoms with van der Waals surface area (Å²) < 4.78 is 4.86. The lowest BCUT2D eigenvalue weighted by Gasteiger charge is -2.15. The molecule has 2 unspecified atom stereocenters. The van der Waals surface area contributed by atoms with Crippen LogP contribution in [0, 0.1) is 0 Å². The minimum Gasteiger partial charge on any atom is -0.463 e. The van der Waals surface area contributed by atoms with Gasteiger partial charge in [0.1, 0.15) is 6.61 Å². The van der Waals surface area contributed by atoms with E-state index in [9.17, 15) is 9.90 Å². The third-order valence-electron chi connectivity index (χ3n) is 4.31. The summed E-state index contributed by atoms with van der Waals surface area (Å²) in [5.41, 5.74) is 5.76. The van der Waals surface area contributed by atoms with Gasteiger partial charge in [-0.05, 0) is 12.8 Å². The fourth-order valence-corrected chi connectivity index (χ4v) is 2.73. The van der Waals surface area contributed by atoms with Crippen molar-refractivity contribution in [3.63, 3.8) is 0 Å². The quantitative estimate of drug-likeness (QED) is 0.153. The number of hydrogen-bond donors (Lipinski definition) is 3. The Kier molecular flexibility index (Phi) is 17.9. The Bertz CT molecular complexity index is 337. The molecule has 0 saturated carbocycles. The Labute approximate surface area is 160 Å². The zero-order valence-electron chi connectivity index (χ0n) is 16.0. The van der Waals surface area contributed by atoms with E-state index in [2.05, 4.69) is 19.6 Å². The Morgan fingerprint density at radius 2 is 1.56 bits per heavy atom.